The number of nitrogens with two attached hydrogens (primary N) is 1. The highest BCUT2D eigenvalue weighted by molar-refractivity contribution is 9.10. The topological polar surface area (TPSA) is 55.1 Å². The first-order valence-corrected chi connectivity index (χ1v) is 6.05. The average Bonchev–Trinajstić information content (AvgIpc) is 2.77. The lowest BCUT2D eigenvalue weighted by atomic mass is 10.1. The molecule has 0 aromatic heterocycles. The van der Waals surface area contributed by atoms with Gasteiger partial charge in [-0.25, -0.2) is 0 Å². The molecule has 1 saturated carbocycles. The Morgan fingerprint density at radius 1 is 1.56 bits per heavy atom. The molecular weight excluding hydrogens is 268 g/mol. The normalized spacial score (nSPS) is 21.6. The lowest BCUT2D eigenvalue weighted by molar-refractivity contribution is 0.0945. The Hall–Kier alpha value is -1.03. The zero-order chi connectivity index (χ0) is 11.9. The number of nitrogens with one attached hydrogen (secondary N) is 1. The maximum Gasteiger partial charge on any atom is 0.252 e. The molecule has 3 nitrogen and oxygen atoms in total. The van der Waals surface area contributed by atoms with E-state index in [1.807, 2.05) is 0 Å². The molecule has 86 valence electrons. The van der Waals surface area contributed by atoms with Crippen molar-refractivity contribution < 1.29 is 4.79 Å². The van der Waals surface area contributed by atoms with Crippen molar-refractivity contribution in [3.05, 3.63) is 28.2 Å². The van der Waals surface area contributed by atoms with E-state index < -0.39 is 0 Å². The number of hydrogen-bond acceptors (Lipinski definition) is 2. The van der Waals surface area contributed by atoms with Crippen molar-refractivity contribution in [2.24, 2.45) is 5.41 Å². The number of amides is 1. The first kappa shape index (κ1) is 11.5. The van der Waals surface area contributed by atoms with E-state index in [9.17, 15) is 4.79 Å². The molecule has 0 saturated heterocycles. The summed E-state index contributed by atoms with van der Waals surface area (Å²) in [6.07, 6.45) is 1.04. The molecule has 1 aromatic carbocycles. The van der Waals surface area contributed by atoms with Crippen LogP contribution in [0.1, 0.15) is 30.6 Å². The molecule has 16 heavy (non-hydrogen) atoms. The molecule has 4 heteroatoms. The summed E-state index contributed by atoms with van der Waals surface area (Å²) in [5.41, 5.74) is 7.10. The first-order chi connectivity index (χ1) is 7.40. The summed E-state index contributed by atoms with van der Waals surface area (Å²) in [7, 11) is 0. The van der Waals surface area contributed by atoms with E-state index in [0.29, 0.717) is 11.3 Å². The van der Waals surface area contributed by atoms with Crippen molar-refractivity contribution in [1.29, 1.82) is 0 Å². The van der Waals surface area contributed by atoms with E-state index in [-0.39, 0.29) is 17.4 Å². The second-order valence-corrected chi connectivity index (χ2v) is 5.81. The van der Waals surface area contributed by atoms with Gasteiger partial charge in [0.2, 0.25) is 0 Å². The summed E-state index contributed by atoms with van der Waals surface area (Å²) in [4.78, 5) is 12.0. The quantitative estimate of drug-likeness (QED) is 0.820. The van der Waals surface area contributed by atoms with Gasteiger partial charge in [0.1, 0.15) is 0 Å². The predicted molar refractivity (Wildman–Crippen MR) is 68.2 cm³/mol. The number of benzene rings is 1. The summed E-state index contributed by atoms with van der Waals surface area (Å²) < 4.78 is 0.776. The van der Waals surface area contributed by atoms with Gasteiger partial charge in [0, 0.05) is 16.2 Å². The highest BCUT2D eigenvalue weighted by Crippen LogP contribution is 2.44. The van der Waals surface area contributed by atoms with E-state index in [0.717, 1.165) is 10.9 Å². The molecule has 2 rings (SSSR count). The molecule has 0 spiro atoms. The standard InChI is InChI=1S/C12H15BrN2O/c1-12(2)6-10(12)15-11(16)8-5-7(14)3-4-9(8)13/h3-5,10H,6,14H2,1-2H3,(H,15,16). The third-order valence-corrected chi connectivity index (χ3v) is 3.75. The Morgan fingerprint density at radius 3 is 2.75 bits per heavy atom. The van der Waals surface area contributed by atoms with Crippen LogP contribution in [0.5, 0.6) is 0 Å². The molecule has 1 unspecified atom stereocenters. The first-order valence-electron chi connectivity index (χ1n) is 5.26. The van der Waals surface area contributed by atoms with Crippen molar-refractivity contribution in [1.82, 2.24) is 5.32 Å². The molecule has 3 N–H and O–H groups in total. The third kappa shape index (κ3) is 2.21. The van der Waals surface area contributed by atoms with Crippen LogP contribution in [-0.2, 0) is 0 Å². The second kappa shape index (κ2) is 3.77. The number of rotatable bonds is 2. The Morgan fingerprint density at radius 2 is 2.19 bits per heavy atom. The van der Waals surface area contributed by atoms with Crippen LogP contribution in [0.25, 0.3) is 0 Å². The van der Waals surface area contributed by atoms with Crippen LogP contribution in [-0.4, -0.2) is 11.9 Å². The molecular formula is C12H15BrN2O. The smallest absolute Gasteiger partial charge is 0.252 e. The van der Waals surface area contributed by atoms with Crippen molar-refractivity contribution in [2.75, 3.05) is 5.73 Å². The number of carbonyl (C=O) groups is 1. The highest BCUT2D eigenvalue weighted by atomic mass is 79.9. The molecule has 0 radical (unpaired) electrons. The fraction of sp³-hybridized carbons (Fsp3) is 0.417. The summed E-state index contributed by atoms with van der Waals surface area (Å²) in [6, 6.07) is 5.53. The molecule has 1 aromatic rings. The summed E-state index contributed by atoms with van der Waals surface area (Å²) in [5, 5.41) is 3.00. The molecule has 1 atom stereocenters. The molecule has 1 aliphatic carbocycles. The number of anilines is 1. The zero-order valence-corrected chi connectivity index (χ0v) is 11.0. The Labute approximate surface area is 104 Å². The van der Waals surface area contributed by atoms with E-state index in [4.69, 9.17) is 5.73 Å². The SMILES string of the molecule is CC1(C)CC1NC(=O)c1cc(N)ccc1Br. The minimum Gasteiger partial charge on any atom is -0.399 e. The minimum atomic E-state index is -0.0604. The number of carbonyl (C=O) groups excluding carboxylic acids is 1. The van der Waals surface area contributed by atoms with E-state index in [1.165, 1.54) is 0 Å². The largest absolute Gasteiger partial charge is 0.399 e. The van der Waals surface area contributed by atoms with Crippen molar-refractivity contribution >= 4 is 27.5 Å². The molecule has 1 aliphatic rings. The van der Waals surface area contributed by atoms with Gasteiger partial charge in [0.05, 0.1) is 5.56 Å². The summed E-state index contributed by atoms with van der Waals surface area (Å²) in [6.45, 7) is 4.29. The van der Waals surface area contributed by atoms with E-state index >= 15 is 0 Å². The van der Waals surface area contributed by atoms with Gasteiger partial charge in [0.25, 0.3) is 5.91 Å². The zero-order valence-electron chi connectivity index (χ0n) is 9.38. The van der Waals surface area contributed by atoms with Crippen LogP contribution in [0.4, 0.5) is 5.69 Å². The van der Waals surface area contributed by atoms with Gasteiger partial charge < -0.3 is 11.1 Å². The minimum absolute atomic E-state index is 0.0604. The Balaban J connectivity index is 2.12. The maximum absolute atomic E-state index is 12.0. The van der Waals surface area contributed by atoms with Crippen molar-refractivity contribution in [2.45, 2.75) is 26.3 Å². The highest BCUT2D eigenvalue weighted by Gasteiger charge is 2.46. The van der Waals surface area contributed by atoms with Crippen LogP contribution in [0.3, 0.4) is 0 Å². The van der Waals surface area contributed by atoms with Crippen molar-refractivity contribution in [3.63, 3.8) is 0 Å². The van der Waals surface area contributed by atoms with Gasteiger partial charge in [0.15, 0.2) is 0 Å². The van der Waals surface area contributed by atoms with Crippen LogP contribution in [0.2, 0.25) is 0 Å². The van der Waals surface area contributed by atoms with E-state index in [2.05, 4.69) is 35.1 Å². The molecule has 1 fully saturated rings. The molecule has 0 heterocycles. The Bertz CT molecular complexity index is 443. The van der Waals surface area contributed by atoms with Gasteiger partial charge in [-0.2, -0.15) is 0 Å². The lowest BCUT2D eigenvalue weighted by Gasteiger charge is -2.08. The van der Waals surface area contributed by atoms with Gasteiger partial charge in [-0.15, -0.1) is 0 Å². The van der Waals surface area contributed by atoms with Gasteiger partial charge in [-0.05, 0) is 46.0 Å². The molecule has 0 bridgehead atoms. The van der Waals surface area contributed by atoms with Gasteiger partial charge in [-0.1, -0.05) is 13.8 Å². The van der Waals surface area contributed by atoms with Gasteiger partial charge >= 0.3 is 0 Å². The number of halogens is 1. The predicted octanol–water partition coefficient (Wildman–Crippen LogP) is 2.56. The fourth-order valence-electron chi connectivity index (χ4n) is 1.67. The summed E-state index contributed by atoms with van der Waals surface area (Å²) >= 11 is 3.35. The van der Waals surface area contributed by atoms with Crippen molar-refractivity contribution in [3.8, 4) is 0 Å². The van der Waals surface area contributed by atoms with E-state index in [1.54, 1.807) is 18.2 Å². The number of nitrogen functional groups attached to an aromatic ring is 1. The lowest BCUT2D eigenvalue weighted by Crippen LogP contribution is -2.28. The van der Waals surface area contributed by atoms with Crippen LogP contribution >= 0.6 is 15.9 Å². The van der Waals surface area contributed by atoms with Crippen LogP contribution in [0, 0.1) is 5.41 Å². The van der Waals surface area contributed by atoms with Crippen LogP contribution in [0.15, 0.2) is 22.7 Å². The molecule has 1 amide bonds. The average molecular weight is 283 g/mol. The summed E-state index contributed by atoms with van der Waals surface area (Å²) in [5.74, 6) is -0.0604. The fourth-order valence-corrected chi connectivity index (χ4v) is 2.09. The van der Waals surface area contributed by atoms with Gasteiger partial charge in [-0.3, -0.25) is 4.79 Å². The molecule has 0 aliphatic heterocycles. The Kier molecular flexibility index (Phi) is 2.70. The van der Waals surface area contributed by atoms with Crippen LogP contribution < -0.4 is 11.1 Å². The third-order valence-electron chi connectivity index (χ3n) is 3.05. The monoisotopic (exact) mass is 282 g/mol. The second-order valence-electron chi connectivity index (χ2n) is 4.96. The number of hydrogen-bond donors (Lipinski definition) is 2. The maximum atomic E-state index is 12.0.